The lowest BCUT2D eigenvalue weighted by molar-refractivity contribution is -0.142. The zero-order chi connectivity index (χ0) is 18.1. The molecule has 0 aromatic heterocycles. The molecule has 2 aromatic carbocycles. The zero-order valence-corrected chi connectivity index (χ0v) is 16.1. The molecule has 3 nitrogen and oxygen atoms in total. The van der Waals surface area contributed by atoms with Crippen LogP contribution in [0.2, 0.25) is 20.1 Å². The molecule has 7 heteroatoms. The number of benzene rings is 2. The monoisotopic (exact) mass is 417 g/mol. The Labute approximate surface area is 166 Å². The molecule has 1 aliphatic rings. The normalized spacial score (nSPS) is 18.0. The van der Waals surface area contributed by atoms with Crippen molar-refractivity contribution in [3.05, 3.63) is 67.6 Å². The summed E-state index contributed by atoms with van der Waals surface area (Å²) in [5.74, 6) is -0.862. The average Bonchev–Trinajstić information content (AvgIpc) is 3.05. The molecule has 1 unspecified atom stereocenters. The van der Waals surface area contributed by atoms with E-state index >= 15 is 0 Å². The first-order valence-electron chi connectivity index (χ1n) is 7.78. The largest absolute Gasteiger partial charge is 0.480 e. The van der Waals surface area contributed by atoms with Gasteiger partial charge in [-0.05, 0) is 36.1 Å². The van der Waals surface area contributed by atoms with Gasteiger partial charge in [0.15, 0.2) is 0 Å². The Morgan fingerprint density at radius 3 is 2.00 bits per heavy atom. The topological polar surface area (TPSA) is 40.5 Å². The summed E-state index contributed by atoms with van der Waals surface area (Å²) in [6, 6.07) is 9.60. The molecule has 1 atom stereocenters. The van der Waals surface area contributed by atoms with E-state index < -0.39 is 18.1 Å². The minimum atomic E-state index is -0.862. The van der Waals surface area contributed by atoms with Crippen molar-refractivity contribution < 1.29 is 9.90 Å². The van der Waals surface area contributed by atoms with Gasteiger partial charge in [0, 0.05) is 6.54 Å². The SMILES string of the molecule is O=C(O)C1CCCN1C(c1cccc(Cl)c1Cl)c1cccc(Cl)c1Cl. The van der Waals surface area contributed by atoms with Crippen molar-refractivity contribution in [1.29, 1.82) is 0 Å². The van der Waals surface area contributed by atoms with Gasteiger partial charge in [0.05, 0.1) is 26.1 Å². The first-order chi connectivity index (χ1) is 11.9. The van der Waals surface area contributed by atoms with Gasteiger partial charge >= 0.3 is 5.97 Å². The molecular formula is C18H15Cl4NO2. The van der Waals surface area contributed by atoms with Crippen molar-refractivity contribution in [3.63, 3.8) is 0 Å². The smallest absolute Gasteiger partial charge is 0.320 e. The van der Waals surface area contributed by atoms with Crippen LogP contribution in [0.5, 0.6) is 0 Å². The molecule has 0 aliphatic carbocycles. The highest BCUT2D eigenvalue weighted by Gasteiger charge is 2.38. The van der Waals surface area contributed by atoms with E-state index in [0.717, 1.165) is 6.42 Å². The molecule has 1 fully saturated rings. The summed E-state index contributed by atoms with van der Waals surface area (Å²) in [6.45, 7) is 0.618. The predicted molar refractivity (Wildman–Crippen MR) is 102 cm³/mol. The third kappa shape index (κ3) is 3.62. The van der Waals surface area contributed by atoms with Gasteiger partial charge in [-0.2, -0.15) is 0 Å². The lowest BCUT2D eigenvalue weighted by Gasteiger charge is -2.33. The summed E-state index contributed by atoms with van der Waals surface area (Å²) in [5, 5.41) is 11.2. The van der Waals surface area contributed by atoms with Crippen LogP contribution in [0.15, 0.2) is 36.4 Å². The molecule has 1 N–H and O–H groups in total. The summed E-state index contributed by atoms with van der Waals surface area (Å²) < 4.78 is 0. The number of likely N-dealkylation sites (tertiary alicyclic amines) is 1. The molecular weight excluding hydrogens is 404 g/mol. The average molecular weight is 419 g/mol. The fourth-order valence-corrected chi connectivity index (χ4v) is 4.17. The van der Waals surface area contributed by atoms with Crippen LogP contribution in [0.1, 0.15) is 30.0 Å². The van der Waals surface area contributed by atoms with Crippen molar-refractivity contribution in [1.82, 2.24) is 4.90 Å². The van der Waals surface area contributed by atoms with Gasteiger partial charge < -0.3 is 5.11 Å². The highest BCUT2D eigenvalue weighted by Crippen LogP contribution is 2.43. The molecule has 0 bridgehead atoms. The van der Waals surface area contributed by atoms with E-state index in [9.17, 15) is 9.90 Å². The standard InChI is InChI=1S/C18H15Cl4NO2/c19-12-6-1-4-10(15(12)21)17(11-5-2-7-13(20)16(11)22)23-9-3-8-14(23)18(24)25/h1-2,4-7,14,17H,3,8-9H2,(H,24,25). The number of nitrogens with zero attached hydrogens (tertiary/aromatic N) is 1. The molecule has 132 valence electrons. The van der Waals surface area contributed by atoms with Crippen molar-refractivity contribution in [3.8, 4) is 0 Å². The Morgan fingerprint density at radius 1 is 1.00 bits per heavy atom. The van der Waals surface area contributed by atoms with Crippen LogP contribution in [0.3, 0.4) is 0 Å². The van der Waals surface area contributed by atoms with Gasteiger partial charge in [0.2, 0.25) is 0 Å². The van der Waals surface area contributed by atoms with E-state index in [2.05, 4.69) is 0 Å². The lowest BCUT2D eigenvalue weighted by atomic mass is 9.96. The van der Waals surface area contributed by atoms with E-state index in [4.69, 9.17) is 46.4 Å². The van der Waals surface area contributed by atoms with E-state index in [-0.39, 0.29) is 0 Å². The van der Waals surface area contributed by atoms with Gasteiger partial charge in [-0.3, -0.25) is 9.69 Å². The number of rotatable bonds is 4. The van der Waals surface area contributed by atoms with Crippen molar-refractivity contribution in [2.45, 2.75) is 24.9 Å². The summed E-state index contributed by atoms with van der Waals surface area (Å²) in [7, 11) is 0. The minimum Gasteiger partial charge on any atom is -0.480 e. The number of carboxylic acid groups (broad SMARTS) is 1. The molecule has 1 heterocycles. The number of carbonyl (C=O) groups is 1. The number of aliphatic carboxylic acids is 1. The second kappa shape index (κ2) is 7.73. The van der Waals surface area contributed by atoms with Crippen LogP contribution in [0.25, 0.3) is 0 Å². The maximum atomic E-state index is 11.7. The first-order valence-corrected chi connectivity index (χ1v) is 9.29. The van der Waals surface area contributed by atoms with Gasteiger partial charge in [-0.1, -0.05) is 70.7 Å². The lowest BCUT2D eigenvalue weighted by Crippen LogP contribution is -2.39. The molecule has 1 saturated heterocycles. The maximum Gasteiger partial charge on any atom is 0.320 e. The molecule has 1 aliphatic heterocycles. The third-order valence-electron chi connectivity index (χ3n) is 4.46. The zero-order valence-electron chi connectivity index (χ0n) is 13.1. The number of carboxylic acids is 1. The van der Waals surface area contributed by atoms with Crippen LogP contribution < -0.4 is 0 Å². The van der Waals surface area contributed by atoms with Crippen molar-refractivity contribution >= 4 is 52.4 Å². The molecule has 0 amide bonds. The van der Waals surface area contributed by atoms with Crippen LogP contribution >= 0.6 is 46.4 Å². The fraction of sp³-hybridized carbons (Fsp3) is 0.278. The predicted octanol–water partition coefficient (Wildman–Crippen LogP) is 5.94. The summed E-state index contributed by atoms with van der Waals surface area (Å²) >= 11 is 25.3. The van der Waals surface area contributed by atoms with E-state index in [1.165, 1.54) is 0 Å². The van der Waals surface area contributed by atoms with Crippen LogP contribution in [0, 0.1) is 0 Å². The number of hydrogen-bond acceptors (Lipinski definition) is 2. The van der Waals surface area contributed by atoms with Crippen molar-refractivity contribution in [2.24, 2.45) is 0 Å². The second-order valence-electron chi connectivity index (χ2n) is 5.92. The van der Waals surface area contributed by atoms with Gasteiger partial charge in [0.1, 0.15) is 6.04 Å². The van der Waals surface area contributed by atoms with E-state index in [1.807, 2.05) is 17.0 Å². The molecule has 2 aromatic rings. The van der Waals surface area contributed by atoms with E-state index in [1.54, 1.807) is 24.3 Å². The Balaban J connectivity index is 2.20. The summed E-state index contributed by atoms with van der Waals surface area (Å²) in [5.41, 5.74) is 1.43. The quantitative estimate of drug-likeness (QED) is 0.667. The van der Waals surface area contributed by atoms with E-state index in [0.29, 0.717) is 44.2 Å². The number of halogens is 4. The summed E-state index contributed by atoms with van der Waals surface area (Å²) in [6.07, 6.45) is 1.35. The molecule has 0 spiro atoms. The van der Waals surface area contributed by atoms with Gasteiger partial charge in [-0.15, -0.1) is 0 Å². The van der Waals surface area contributed by atoms with Crippen LogP contribution in [-0.2, 0) is 4.79 Å². The Kier molecular flexibility index (Phi) is 5.81. The van der Waals surface area contributed by atoms with Crippen LogP contribution in [-0.4, -0.2) is 28.6 Å². The first kappa shape index (κ1) is 18.8. The Morgan fingerprint density at radius 2 is 1.52 bits per heavy atom. The maximum absolute atomic E-state index is 11.7. The Bertz CT molecular complexity index is 760. The molecule has 25 heavy (non-hydrogen) atoms. The molecule has 0 radical (unpaired) electrons. The third-order valence-corrected chi connectivity index (χ3v) is 6.13. The summed E-state index contributed by atoms with van der Waals surface area (Å²) in [4.78, 5) is 13.6. The second-order valence-corrected chi connectivity index (χ2v) is 7.49. The highest BCUT2D eigenvalue weighted by molar-refractivity contribution is 6.43. The molecule has 3 rings (SSSR count). The number of hydrogen-bond donors (Lipinski definition) is 1. The van der Waals surface area contributed by atoms with Gasteiger partial charge in [0.25, 0.3) is 0 Å². The Hall–Kier alpha value is -0.970. The highest BCUT2D eigenvalue weighted by atomic mass is 35.5. The van der Waals surface area contributed by atoms with Gasteiger partial charge in [-0.25, -0.2) is 0 Å². The fourth-order valence-electron chi connectivity index (χ4n) is 3.35. The van der Waals surface area contributed by atoms with Crippen LogP contribution in [0.4, 0.5) is 0 Å². The van der Waals surface area contributed by atoms with Crippen molar-refractivity contribution in [2.75, 3.05) is 6.54 Å². The molecule has 0 saturated carbocycles. The minimum absolute atomic E-state index is 0.390.